The van der Waals surface area contributed by atoms with Gasteiger partial charge in [-0.1, -0.05) is 19.4 Å². The van der Waals surface area contributed by atoms with E-state index in [0.717, 1.165) is 44.0 Å². The average Bonchev–Trinajstić information content (AvgIpc) is 2.47. The maximum absolute atomic E-state index is 5.33. The molecule has 0 saturated carbocycles. The average molecular weight is 241 g/mol. The van der Waals surface area contributed by atoms with Gasteiger partial charge in [0.05, 0.1) is 0 Å². The van der Waals surface area contributed by atoms with Crippen LogP contribution < -0.4 is 4.90 Å². The first-order valence-electron chi connectivity index (χ1n) is 6.35. The minimum Gasteiger partial charge on any atom is -0.372 e. The van der Waals surface area contributed by atoms with Crippen LogP contribution in [0.2, 0.25) is 0 Å². The predicted molar refractivity (Wildman–Crippen MR) is 75.4 cm³/mol. The van der Waals surface area contributed by atoms with E-state index in [9.17, 15) is 0 Å². The standard InChI is InChI=1S/C15H19N3/c1-4-13(3)17-8-10-18(11-9-17)15-7-6-14(5-2)12-16-15/h2,6-7,12H,3-4,8-11H2,1H3. The van der Waals surface area contributed by atoms with Crippen LogP contribution in [0.1, 0.15) is 18.9 Å². The van der Waals surface area contributed by atoms with Crippen molar-refractivity contribution in [2.45, 2.75) is 13.3 Å². The lowest BCUT2D eigenvalue weighted by Gasteiger charge is -2.37. The molecule has 2 rings (SSSR count). The van der Waals surface area contributed by atoms with Crippen LogP contribution >= 0.6 is 0 Å². The van der Waals surface area contributed by atoms with Gasteiger partial charge in [-0.25, -0.2) is 4.98 Å². The summed E-state index contributed by atoms with van der Waals surface area (Å²) in [4.78, 5) is 9.05. The molecule has 1 aromatic heterocycles. The lowest BCUT2D eigenvalue weighted by atomic mass is 10.2. The number of aromatic nitrogens is 1. The molecule has 1 aliphatic heterocycles. The van der Waals surface area contributed by atoms with Gasteiger partial charge in [-0.15, -0.1) is 6.42 Å². The highest BCUT2D eigenvalue weighted by molar-refractivity contribution is 5.43. The molecule has 1 aromatic rings. The molecule has 1 aliphatic rings. The van der Waals surface area contributed by atoms with Crippen LogP contribution in [0.25, 0.3) is 0 Å². The predicted octanol–water partition coefficient (Wildman–Crippen LogP) is 2.11. The Kier molecular flexibility index (Phi) is 3.88. The van der Waals surface area contributed by atoms with Gasteiger partial charge in [0.1, 0.15) is 5.82 Å². The molecule has 18 heavy (non-hydrogen) atoms. The van der Waals surface area contributed by atoms with Gasteiger partial charge in [0, 0.05) is 43.6 Å². The van der Waals surface area contributed by atoms with Crippen molar-refractivity contribution >= 4 is 5.82 Å². The molecule has 0 amide bonds. The maximum atomic E-state index is 5.33. The first-order valence-corrected chi connectivity index (χ1v) is 6.35. The Balaban J connectivity index is 1.97. The SMILES string of the molecule is C#Cc1ccc(N2CCN(C(=C)CC)CC2)nc1. The van der Waals surface area contributed by atoms with Crippen molar-refractivity contribution in [1.82, 2.24) is 9.88 Å². The fraction of sp³-hybridized carbons (Fsp3) is 0.400. The van der Waals surface area contributed by atoms with E-state index in [2.05, 4.69) is 34.2 Å². The molecule has 0 unspecified atom stereocenters. The van der Waals surface area contributed by atoms with Gasteiger partial charge in [-0.2, -0.15) is 0 Å². The third-order valence-corrected chi connectivity index (χ3v) is 3.37. The fourth-order valence-corrected chi connectivity index (χ4v) is 2.13. The lowest BCUT2D eigenvalue weighted by molar-refractivity contribution is 0.314. The Hall–Kier alpha value is -1.95. The lowest BCUT2D eigenvalue weighted by Crippen LogP contribution is -2.45. The summed E-state index contributed by atoms with van der Waals surface area (Å²) in [6, 6.07) is 3.94. The molecule has 0 aliphatic carbocycles. The summed E-state index contributed by atoms with van der Waals surface area (Å²) in [5.74, 6) is 3.60. The van der Waals surface area contributed by atoms with Crippen LogP contribution in [-0.2, 0) is 0 Å². The van der Waals surface area contributed by atoms with Crippen LogP contribution in [0.3, 0.4) is 0 Å². The van der Waals surface area contributed by atoms with Crippen molar-refractivity contribution in [3.05, 3.63) is 36.2 Å². The summed E-state index contributed by atoms with van der Waals surface area (Å²) in [7, 11) is 0. The fourth-order valence-electron chi connectivity index (χ4n) is 2.13. The molecule has 0 aromatic carbocycles. The molecule has 94 valence electrons. The molecule has 0 radical (unpaired) electrons. The van der Waals surface area contributed by atoms with Crippen LogP contribution in [0.4, 0.5) is 5.82 Å². The second kappa shape index (κ2) is 5.59. The first kappa shape index (κ1) is 12.5. The van der Waals surface area contributed by atoms with E-state index in [1.54, 1.807) is 6.20 Å². The number of terminal acetylenes is 1. The summed E-state index contributed by atoms with van der Waals surface area (Å²) < 4.78 is 0. The monoisotopic (exact) mass is 241 g/mol. The van der Waals surface area contributed by atoms with Crippen molar-refractivity contribution in [2.75, 3.05) is 31.1 Å². The van der Waals surface area contributed by atoms with Crippen molar-refractivity contribution in [3.8, 4) is 12.3 Å². The molecule has 0 atom stereocenters. The number of pyridine rings is 1. The summed E-state index contributed by atoms with van der Waals surface area (Å²) in [5.41, 5.74) is 2.06. The maximum Gasteiger partial charge on any atom is 0.128 e. The Morgan fingerprint density at radius 3 is 2.61 bits per heavy atom. The molecule has 2 heterocycles. The van der Waals surface area contributed by atoms with E-state index in [-0.39, 0.29) is 0 Å². The summed E-state index contributed by atoms with van der Waals surface area (Å²) in [6.07, 6.45) is 8.10. The highest BCUT2D eigenvalue weighted by Crippen LogP contribution is 2.16. The molecule has 0 N–H and O–H groups in total. The zero-order chi connectivity index (χ0) is 13.0. The zero-order valence-electron chi connectivity index (χ0n) is 10.9. The van der Waals surface area contributed by atoms with Crippen LogP contribution in [-0.4, -0.2) is 36.1 Å². The molecule has 3 nitrogen and oxygen atoms in total. The van der Waals surface area contributed by atoms with Gasteiger partial charge in [0.15, 0.2) is 0 Å². The highest BCUT2D eigenvalue weighted by atomic mass is 15.3. The Labute approximate surface area is 109 Å². The van der Waals surface area contributed by atoms with E-state index < -0.39 is 0 Å². The number of allylic oxidation sites excluding steroid dienone is 1. The third-order valence-electron chi connectivity index (χ3n) is 3.37. The Bertz CT molecular complexity index is 448. The second-order valence-corrected chi connectivity index (χ2v) is 4.44. The van der Waals surface area contributed by atoms with E-state index in [0.29, 0.717) is 0 Å². The minimum absolute atomic E-state index is 0.830. The van der Waals surface area contributed by atoms with Gasteiger partial charge in [-0.05, 0) is 18.6 Å². The number of nitrogens with zero attached hydrogens (tertiary/aromatic N) is 3. The van der Waals surface area contributed by atoms with E-state index >= 15 is 0 Å². The Morgan fingerprint density at radius 1 is 1.39 bits per heavy atom. The number of hydrogen-bond donors (Lipinski definition) is 0. The van der Waals surface area contributed by atoms with Crippen molar-refractivity contribution in [1.29, 1.82) is 0 Å². The van der Waals surface area contributed by atoms with Crippen molar-refractivity contribution < 1.29 is 0 Å². The van der Waals surface area contributed by atoms with Gasteiger partial charge in [0.25, 0.3) is 0 Å². The molecule has 1 fully saturated rings. The first-order chi connectivity index (χ1) is 8.74. The van der Waals surface area contributed by atoms with Crippen LogP contribution in [0.15, 0.2) is 30.6 Å². The molecule has 1 saturated heterocycles. The smallest absolute Gasteiger partial charge is 0.128 e. The molecular weight excluding hydrogens is 222 g/mol. The highest BCUT2D eigenvalue weighted by Gasteiger charge is 2.17. The second-order valence-electron chi connectivity index (χ2n) is 4.44. The number of hydrogen-bond acceptors (Lipinski definition) is 3. The number of anilines is 1. The van der Waals surface area contributed by atoms with Crippen molar-refractivity contribution in [2.24, 2.45) is 0 Å². The Morgan fingerprint density at radius 2 is 2.11 bits per heavy atom. The molecule has 0 spiro atoms. The zero-order valence-corrected chi connectivity index (χ0v) is 10.9. The van der Waals surface area contributed by atoms with E-state index in [1.807, 2.05) is 12.1 Å². The van der Waals surface area contributed by atoms with Gasteiger partial charge >= 0.3 is 0 Å². The van der Waals surface area contributed by atoms with Gasteiger partial charge in [-0.3, -0.25) is 0 Å². The molecular formula is C15H19N3. The third kappa shape index (κ3) is 2.65. The van der Waals surface area contributed by atoms with Crippen LogP contribution in [0.5, 0.6) is 0 Å². The van der Waals surface area contributed by atoms with Gasteiger partial charge in [0.2, 0.25) is 0 Å². The van der Waals surface area contributed by atoms with E-state index in [1.165, 1.54) is 5.70 Å². The summed E-state index contributed by atoms with van der Waals surface area (Å²) >= 11 is 0. The van der Waals surface area contributed by atoms with Crippen molar-refractivity contribution in [3.63, 3.8) is 0 Å². The number of rotatable bonds is 3. The van der Waals surface area contributed by atoms with E-state index in [4.69, 9.17) is 6.42 Å². The van der Waals surface area contributed by atoms with Crippen LogP contribution in [0, 0.1) is 12.3 Å². The topological polar surface area (TPSA) is 19.4 Å². The summed E-state index contributed by atoms with van der Waals surface area (Å²) in [6.45, 7) is 10.2. The molecule has 0 bridgehead atoms. The van der Waals surface area contributed by atoms with Gasteiger partial charge < -0.3 is 9.80 Å². The summed E-state index contributed by atoms with van der Waals surface area (Å²) in [5, 5.41) is 0. The number of piperazine rings is 1. The largest absolute Gasteiger partial charge is 0.372 e. The minimum atomic E-state index is 0.830. The molecule has 3 heteroatoms. The normalized spacial score (nSPS) is 15.3. The quantitative estimate of drug-likeness (QED) is 0.756.